The fourth-order valence-electron chi connectivity index (χ4n) is 2.66. The van der Waals surface area contributed by atoms with Crippen LogP contribution < -0.4 is 10.6 Å². The summed E-state index contributed by atoms with van der Waals surface area (Å²) in [7, 11) is 0. The molecular formula is C14H24N4. The van der Waals surface area contributed by atoms with Gasteiger partial charge in [-0.25, -0.2) is 9.97 Å². The number of nitrogens with zero attached hydrogens (tertiary/aromatic N) is 3. The van der Waals surface area contributed by atoms with Crippen LogP contribution in [0.2, 0.25) is 0 Å². The second-order valence-corrected chi connectivity index (χ2v) is 4.97. The van der Waals surface area contributed by atoms with E-state index in [9.17, 15) is 0 Å². The topological polar surface area (TPSA) is 55.0 Å². The lowest BCUT2D eigenvalue weighted by Gasteiger charge is -2.24. The van der Waals surface area contributed by atoms with E-state index in [-0.39, 0.29) is 0 Å². The normalized spacial score (nSPS) is 19.5. The summed E-state index contributed by atoms with van der Waals surface area (Å²) in [5, 5.41) is 0. The highest BCUT2D eigenvalue weighted by Gasteiger charge is 2.25. The molecule has 4 nitrogen and oxygen atoms in total. The molecule has 4 heteroatoms. The Morgan fingerprint density at radius 1 is 1.44 bits per heavy atom. The van der Waals surface area contributed by atoms with Crippen molar-refractivity contribution in [2.45, 2.75) is 52.0 Å². The molecule has 0 aliphatic carbocycles. The molecule has 1 atom stereocenters. The van der Waals surface area contributed by atoms with Crippen LogP contribution >= 0.6 is 0 Å². The predicted molar refractivity (Wildman–Crippen MR) is 74.8 cm³/mol. The highest BCUT2D eigenvalue weighted by Crippen LogP contribution is 2.23. The number of hydrogen-bond donors (Lipinski definition) is 1. The van der Waals surface area contributed by atoms with Crippen molar-refractivity contribution >= 4 is 5.95 Å². The lowest BCUT2D eigenvalue weighted by Crippen LogP contribution is -2.36. The van der Waals surface area contributed by atoms with Crippen molar-refractivity contribution in [3.63, 3.8) is 0 Å². The van der Waals surface area contributed by atoms with Crippen molar-refractivity contribution in [3.8, 4) is 0 Å². The average molecular weight is 248 g/mol. The third-order valence-corrected chi connectivity index (χ3v) is 3.72. The Balaban J connectivity index is 2.25. The Labute approximate surface area is 110 Å². The SMILES string of the molecule is CCCc1nc(N2CCCC2CN)ncc1CC. The van der Waals surface area contributed by atoms with Crippen LogP contribution in [0.4, 0.5) is 5.95 Å². The summed E-state index contributed by atoms with van der Waals surface area (Å²) in [6, 6.07) is 0.423. The number of anilines is 1. The summed E-state index contributed by atoms with van der Waals surface area (Å²) in [4.78, 5) is 11.6. The minimum Gasteiger partial charge on any atom is -0.337 e. The van der Waals surface area contributed by atoms with Crippen molar-refractivity contribution in [3.05, 3.63) is 17.5 Å². The van der Waals surface area contributed by atoms with Gasteiger partial charge in [0.2, 0.25) is 5.95 Å². The van der Waals surface area contributed by atoms with Crippen molar-refractivity contribution in [1.29, 1.82) is 0 Å². The van der Waals surface area contributed by atoms with Crippen LogP contribution in [-0.4, -0.2) is 29.1 Å². The third-order valence-electron chi connectivity index (χ3n) is 3.72. The van der Waals surface area contributed by atoms with Gasteiger partial charge in [0.25, 0.3) is 0 Å². The molecule has 0 spiro atoms. The fourth-order valence-corrected chi connectivity index (χ4v) is 2.66. The van der Waals surface area contributed by atoms with Gasteiger partial charge in [-0.15, -0.1) is 0 Å². The zero-order valence-corrected chi connectivity index (χ0v) is 11.5. The summed E-state index contributed by atoms with van der Waals surface area (Å²) < 4.78 is 0. The highest BCUT2D eigenvalue weighted by molar-refractivity contribution is 5.36. The van der Waals surface area contributed by atoms with E-state index < -0.39 is 0 Å². The molecule has 0 radical (unpaired) electrons. The molecule has 0 bridgehead atoms. The first-order valence-corrected chi connectivity index (χ1v) is 7.11. The Kier molecular flexibility index (Phi) is 4.53. The van der Waals surface area contributed by atoms with E-state index in [1.54, 1.807) is 0 Å². The molecule has 1 aromatic heterocycles. The van der Waals surface area contributed by atoms with Gasteiger partial charge in [-0.2, -0.15) is 0 Å². The number of aromatic nitrogens is 2. The summed E-state index contributed by atoms with van der Waals surface area (Å²) in [5.74, 6) is 0.878. The summed E-state index contributed by atoms with van der Waals surface area (Å²) in [6.45, 7) is 6.09. The van der Waals surface area contributed by atoms with Crippen molar-refractivity contribution in [2.75, 3.05) is 18.0 Å². The van der Waals surface area contributed by atoms with Crippen LogP contribution in [0.25, 0.3) is 0 Å². The van der Waals surface area contributed by atoms with Crippen molar-refractivity contribution in [2.24, 2.45) is 5.73 Å². The van der Waals surface area contributed by atoms with Gasteiger partial charge < -0.3 is 10.6 Å². The molecule has 100 valence electrons. The Morgan fingerprint density at radius 3 is 2.94 bits per heavy atom. The largest absolute Gasteiger partial charge is 0.337 e. The van der Waals surface area contributed by atoms with Gasteiger partial charge in [0.05, 0.1) is 0 Å². The summed E-state index contributed by atoms with van der Waals surface area (Å²) in [6.07, 6.45) is 7.54. The highest BCUT2D eigenvalue weighted by atomic mass is 15.3. The smallest absolute Gasteiger partial charge is 0.225 e. The number of nitrogens with two attached hydrogens (primary N) is 1. The zero-order valence-electron chi connectivity index (χ0n) is 11.5. The quantitative estimate of drug-likeness (QED) is 0.865. The van der Waals surface area contributed by atoms with Gasteiger partial charge in [-0.05, 0) is 31.2 Å². The maximum Gasteiger partial charge on any atom is 0.225 e. The lowest BCUT2D eigenvalue weighted by molar-refractivity contribution is 0.660. The second-order valence-electron chi connectivity index (χ2n) is 4.97. The van der Waals surface area contributed by atoms with Crippen LogP contribution in [0.1, 0.15) is 44.4 Å². The van der Waals surface area contributed by atoms with Gasteiger partial charge in [0, 0.05) is 31.0 Å². The first-order valence-electron chi connectivity index (χ1n) is 7.11. The molecule has 2 heterocycles. The zero-order chi connectivity index (χ0) is 13.0. The number of aryl methyl sites for hydroxylation is 2. The summed E-state index contributed by atoms with van der Waals surface area (Å²) in [5.41, 5.74) is 8.31. The van der Waals surface area contributed by atoms with E-state index >= 15 is 0 Å². The van der Waals surface area contributed by atoms with E-state index in [0.29, 0.717) is 12.6 Å². The molecule has 1 aliphatic heterocycles. The second kappa shape index (κ2) is 6.14. The molecule has 0 aromatic carbocycles. The van der Waals surface area contributed by atoms with E-state index in [0.717, 1.165) is 31.8 Å². The minimum atomic E-state index is 0.423. The molecule has 1 aliphatic rings. The molecule has 1 aromatic rings. The van der Waals surface area contributed by atoms with Gasteiger partial charge >= 0.3 is 0 Å². The van der Waals surface area contributed by atoms with Crippen LogP contribution in [0.15, 0.2) is 6.20 Å². The molecule has 1 fully saturated rings. The molecule has 2 N–H and O–H groups in total. The Hall–Kier alpha value is -1.16. The average Bonchev–Trinajstić information content (AvgIpc) is 2.87. The monoisotopic (exact) mass is 248 g/mol. The molecule has 1 saturated heterocycles. The van der Waals surface area contributed by atoms with Gasteiger partial charge in [-0.3, -0.25) is 0 Å². The van der Waals surface area contributed by atoms with Crippen LogP contribution in [0.3, 0.4) is 0 Å². The van der Waals surface area contributed by atoms with Crippen LogP contribution in [-0.2, 0) is 12.8 Å². The maximum atomic E-state index is 5.82. The first kappa shape index (κ1) is 13.3. The minimum absolute atomic E-state index is 0.423. The Bertz CT molecular complexity index is 391. The fraction of sp³-hybridized carbons (Fsp3) is 0.714. The maximum absolute atomic E-state index is 5.82. The van der Waals surface area contributed by atoms with Crippen molar-refractivity contribution < 1.29 is 0 Å². The van der Waals surface area contributed by atoms with Crippen LogP contribution in [0.5, 0.6) is 0 Å². The van der Waals surface area contributed by atoms with Crippen molar-refractivity contribution in [1.82, 2.24) is 9.97 Å². The molecular weight excluding hydrogens is 224 g/mol. The predicted octanol–water partition coefficient (Wildman–Crippen LogP) is 1.92. The Morgan fingerprint density at radius 2 is 2.28 bits per heavy atom. The van der Waals surface area contributed by atoms with E-state index in [4.69, 9.17) is 10.7 Å². The van der Waals surface area contributed by atoms with Gasteiger partial charge in [0.15, 0.2) is 0 Å². The lowest BCUT2D eigenvalue weighted by atomic mass is 10.1. The molecule has 0 saturated carbocycles. The van der Waals surface area contributed by atoms with Crippen LogP contribution in [0, 0.1) is 0 Å². The van der Waals surface area contributed by atoms with E-state index in [1.165, 1.54) is 24.1 Å². The van der Waals surface area contributed by atoms with E-state index in [1.807, 2.05) is 6.20 Å². The molecule has 1 unspecified atom stereocenters. The number of hydrogen-bond acceptors (Lipinski definition) is 4. The third kappa shape index (κ3) is 2.64. The van der Waals surface area contributed by atoms with Gasteiger partial charge in [0.1, 0.15) is 0 Å². The molecule has 18 heavy (non-hydrogen) atoms. The van der Waals surface area contributed by atoms with E-state index in [2.05, 4.69) is 23.7 Å². The molecule has 2 rings (SSSR count). The standard InChI is InChI=1S/C14H24N4/c1-3-6-13-11(4-2)10-16-14(17-13)18-8-5-7-12(18)9-15/h10,12H,3-9,15H2,1-2H3. The first-order chi connectivity index (χ1) is 8.80. The van der Waals surface area contributed by atoms with Gasteiger partial charge in [-0.1, -0.05) is 20.3 Å². The molecule has 0 amide bonds. The summed E-state index contributed by atoms with van der Waals surface area (Å²) >= 11 is 0. The number of rotatable bonds is 5.